The SMILES string of the molecule is Cc1c(C(=O)N(C)C)sc2ncn(CCCN3CCN(c4cccc(C(F)(F)F)c4)CC3)c(=O)c12. The third-order valence-electron chi connectivity index (χ3n) is 6.30. The minimum absolute atomic E-state index is 0.138. The van der Waals surface area contributed by atoms with E-state index in [0.29, 0.717) is 46.0 Å². The predicted octanol–water partition coefficient (Wildman–Crippen LogP) is 3.70. The molecule has 0 unspecified atom stereocenters. The molecule has 0 saturated carbocycles. The van der Waals surface area contributed by atoms with Gasteiger partial charge in [-0.15, -0.1) is 11.3 Å². The molecule has 0 atom stereocenters. The number of nitrogens with zero attached hydrogens (tertiary/aromatic N) is 5. The molecule has 1 aliphatic heterocycles. The minimum atomic E-state index is -4.35. The zero-order valence-corrected chi connectivity index (χ0v) is 20.7. The number of hydrogen-bond donors (Lipinski definition) is 0. The highest BCUT2D eigenvalue weighted by Gasteiger charge is 2.31. The van der Waals surface area contributed by atoms with Crippen LogP contribution in [-0.2, 0) is 12.7 Å². The molecule has 3 aromatic rings. The standard InChI is InChI=1S/C24H28F3N5O2S/c1-16-19-21(35-20(16)23(34)29(2)3)28-15-32(22(19)33)9-5-8-30-10-12-31(13-11-30)18-7-4-6-17(14-18)24(25,26)27/h4,6-7,14-15H,5,8-13H2,1-3H3. The summed E-state index contributed by atoms with van der Waals surface area (Å²) in [5.74, 6) is -0.138. The first-order valence-corrected chi connectivity index (χ1v) is 12.2. The van der Waals surface area contributed by atoms with Crippen molar-refractivity contribution in [3.63, 3.8) is 0 Å². The van der Waals surface area contributed by atoms with Crippen molar-refractivity contribution in [2.24, 2.45) is 0 Å². The maximum Gasteiger partial charge on any atom is 0.416 e. The number of benzene rings is 1. The number of alkyl halides is 3. The van der Waals surface area contributed by atoms with Crippen LogP contribution in [0.2, 0.25) is 0 Å². The van der Waals surface area contributed by atoms with Gasteiger partial charge in [0.25, 0.3) is 11.5 Å². The molecule has 1 fully saturated rings. The fourth-order valence-corrected chi connectivity index (χ4v) is 5.46. The van der Waals surface area contributed by atoms with Crippen LogP contribution in [0, 0.1) is 6.92 Å². The molecule has 3 heterocycles. The largest absolute Gasteiger partial charge is 0.416 e. The van der Waals surface area contributed by atoms with Crippen molar-refractivity contribution in [3.05, 3.63) is 57.0 Å². The first kappa shape index (κ1) is 25.2. The highest BCUT2D eigenvalue weighted by molar-refractivity contribution is 7.20. The Morgan fingerprint density at radius 3 is 2.51 bits per heavy atom. The van der Waals surface area contributed by atoms with E-state index in [-0.39, 0.29) is 11.5 Å². The van der Waals surface area contributed by atoms with E-state index in [2.05, 4.69) is 9.88 Å². The number of fused-ring (bicyclic) bond motifs is 1. The van der Waals surface area contributed by atoms with Gasteiger partial charge in [-0.1, -0.05) is 6.07 Å². The normalized spacial score (nSPS) is 15.1. The van der Waals surface area contributed by atoms with Crippen LogP contribution < -0.4 is 10.5 Å². The Bertz CT molecular complexity index is 1280. The number of hydrogen-bond acceptors (Lipinski definition) is 6. The molecule has 1 amide bonds. The number of aromatic nitrogens is 2. The Morgan fingerprint density at radius 2 is 1.86 bits per heavy atom. The van der Waals surface area contributed by atoms with Gasteiger partial charge in [0.15, 0.2) is 0 Å². The van der Waals surface area contributed by atoms with Gasteiger partial charge >= 0.3 is 6.18 Å². The molecule has 0 N–H and O–H groups in total. The zero-order valence-electron chi connectivity index (χ0n) is 19.9. The Hall–Kier alpha value is -2.92. The quantitative estimate of drug-likeness (QED) is 0.509. The van der Waals surface area contributed by atoms with E-state index in [1.807, 2.05) is 4.90 Å². The Kier molecular flexibility index (Phi) is 7.18. The lowest BCUT2D eigenvalue weighted by atomic mass is 10.1. The maximum absolute atomic E-state index is 13.0. The molecule has 0 radical (unpaired) electrons. The summed E-state index contributed by atoms with van der Waals surface area (Å²) in [6.07, 6.45) is -2.07. The minimum Gasteiger partial charge on any atom is -0.369 e. The molecular formula is C24H28F3N5O2S. The summed E-state index contributed by atoms with van der Waals surface area (Å²) in [7, 11) is 3.36. The molecule has 1 saturated heterocycles. The highest BCUT2D eigenvalue weighted by atomic mass is 32.1. The Labute approximate surface area is 205 Å². The number of thiophene rings is 1. The lowest BCUT2D eigenvalue weighted by molar-refractivity contribution is -0.137. The summed E-state index contributed by atoms with van der Waals surface area (Å²) in [6.45, 7) is 5.82. The summed E-state index contributed by atoms with van der Waals surface area (Å²) in [4.78, 5) is 36.7. The Balaban J connectivity index is 1.34. The number of amides is 1. The van der Waals surface area contributed by atoms with Crippen molar-refractivity contribution in [1.82, 2.24) is 19.4 Å². The summed E-state index contributed by atoms with van der Waals surface area (Å²) < 4.78 is 40.6. The van der Waals surface area contributed by atoms with Crippen molar-refractivity contribution >= 4 is 33.1 Å². The first-order chi connectivity index (χ1) is 16.6. The van der Waals surface area contributed by atoms with Crippen LogP contribution in [0.3, 0.4) is 0 Å². The van der Waals surface area contributed by atoms with E-state index in [1.165, 1.54) is 34.7 Å². The summed E-state index contributed by atoms with van der Waals surface area (Å²) in [5, 5.41) is 0.498. The van der Waals surface area contributed by atoms with E-state index < -0.39 is 11.7 Å². The second kappa shape index (κ2) is 9.98. The molecule has 11 heteroatoms. The van der Waals surface area contributed by atoms with Crippen LogP contribution in [0.25, 0.3) is 10.2 Å². The van der Waals surface area contributed by atoms with Gasteiger partial charge in [0.1, 0.15) is 4.83 Å². The van der Waals surface area contributed by atoms with Gasteiger partial charge in [0, 0.05) is 52.5 Å². The molecule has 0 bridgehead atoms. The molecule has 188 valence electrons. The second-order valence-electron chi connectivity index (χ2n) is 8.91. The van der Waals surface area contributed by atoms with E-state index in [1.54, 1.807) is 31.7 Å². The van der Waals surface area contributed by atoms with Crippen molar-refractivity contribution in [1.29, 1.82) is 0 Å². The fraction of sp³-hybridized carbons (Fsp3) is 0.458. The molecule has 0 spiro atoms. The lowest BCUT2D eigenvalue weighted by Crippen LogP contribution is -2.46. The second-order valence-corrected chi connectivity index (χ2v) is 9.91. The molecular weight excluding hydrogens is 479 g/mol. The number of aryl methyl sites for hydroxylation is 2. The molecule has 7 nitrogen and oxygen atoms in total. The smallest absolute Gasteiger partial charge is 0.369 e. The van der Waals surface area contributed by atoms with Gasteiger partial charge in [-0.2, -0.15) is 13.2 Å². The lowest BCUT2D eigenvalue weighted by Gasteiger charge is -2.36. The van der Waals surface area contributed by atoms with E-state index in [9.17, 15) is 22.8 Å². The summed E-state index contributed by atoms with van der Waals surface area (Å²) >= 11 is 1.24. The van der Waals surface area contributed by atoms with Gasteiger partial charge in [-0.05, 0) is 43.7 Å². The number of rotatable bonds is 6. The van der Waals surface area contributed by atoms with Gasteiger partial charge in [-0.25, -0.2) is 4.98 Å². The monoisotopic (exact) mass is 507 g/mol. The van der Waals surface area contributed by atoms with Gasteiger partial charge < -0.3 is 9.80 Å². The summed E-state index contributed by atoms with van der Waals surface area (Å²) in [6, 6.07) is 5.45. The first-order valence-electron chi connectivity index (χ1n) is 11.4. The van der Waals surface area contributed by atoms with Crippen LogP contribution in [0.15, 0.2) is 35.4 Å². The number of piperazine rings is 1. The number of carbonyl (C=O) groups is 1. The molecule has 35 heavy (non-hydrogen) atoms. The van der Waals surface area contributed by atoms with Crippen LogP contribution in [0.5, 0.6) is 0 Å². The van der Waals surface area contributed by atoms with Crippen LogP contribution in [-0.4, -0.2) is 72.1 Å². The van der Waals surface area contributed by atoms with Crippen molar-refractivity contribution in [2.75, 3.05) is 51.7 Å². The average Bonchev–Trinajstić information content (AvgIpc) is 3.17. The van der Waals surface area contributed by atoms with Crippen LogP contribution in [0.1, 0.15) is 27.2 Å². The maximum atomic E-state index is 13.0. The number of carbonyl (C=O) groups excluding carboxylic acids is 1. The fourth-order valence-electron chi connectivity index (χ4n) is 4.30. The van der Waals surface area contributed by atoms with E-state index in [4.69, 9.17) is 0 Å². The van der Waals surface area contributed by atoms with Crippen molar-refractivity contribution in [2.45, 2.75) is 26.1 Å². The van der Waals surface area contributed by atoms with Crippen molar-refractivity contribution in [3.8, 4) is 0 Å². The predicted molar refractivity (Wildman–Crippen MR) is 131 cm³/mol. The molecule has 1 aliphatic rings. The third-order valence-corrected chi connectivity index (χ3v) is 7.49. The van der Waals surface area contributed by atoms with Gasteiger partial charge in [0.2, 0.25) is 0 Å². The van der Waals surface area contributed by atoms with Crippen molar-refractivity contribution < 1.29 is 18.0 Å². The van der Waals surface area contributed by atoms with E-state index in [0.717, 1.165) is 32.1 Å². The van der Waals surface area contributed by atoms with Crippen LogP contribution in [0.4, 0.5) is 18.9 Å². The molecule has 4 rings (SSSR count). The molecule has 1 aromatic carbocycles. The topological polar surface area (TPSA) is 61.7 Å². The van der Waals surface area contributed by atoms with Gasteiger partial charge in [-0.3, -0.25) is 19.1 Å². The zero-order chi connectivity index (χ0) is 25.3. The molecule has 2 aromatic heterocycles. The highest BCUT2D eigenvalue weighted by Crippen LogP contribution is 2.32. The average molecular weight is 508 g/mol. The van der Waals surface area contributed by atoms with Crippen LogP contribution >= 0.6 is 11.3 Å². The number of halogens is 3. The number of anilines is 1. The molecule has 0 aliphatic carbocycles. The summed E-state index contributed by atoms with van der Waals surface area (Å²) in [5.41, 5.74) is 0.480. The van der Waals surface area contributed by atoms with Gasteiger partial charge in [0.05, 0.1) is 22.2 Å². The Morgan fingerprint density at radius 1 is 1.14 bits per heavy atom. The van der Waals surface area contributed by atoms with E-state index >= 15 is 0 Å². The third kappa shape index (κ3) is 5.35.